The van der Waals surface area contributed by atoms with Gasteiger partial charge in [0.05, 0.1) is 5.92 Å². The summed E-state index contributed by atoms with van der Waals surface area (Å²) in [6.07, 6.45) is 2.91. The number of carbonyl (C=O) groups excluding carboxylic acids is 2. The van der Waals surface area contributed by atoms with Crippen molar-refractivity contribution in [3.05, 3.63) is 48.0 Å². The Bertz CT molecular complexity index is 899. The first-order valence-electron chi connectivity index (χ1n) is 10.0. The van der Waals surface area contributed by atoms with E-state index < -0.39 is 24.0 Å². The van der Waals surface area contributed by atoms with Crippen LogP contribution >= 0.6 is 0 Å². The van der Waals surface area contributed by atoms with Crippen LogP contribution in [0.25, 0.3) is 10.8 Å². The van der Waals surface area contributed by atoms with Crippen molar-refractivity contribution in [1.82, 2.24) is 10.6 Å². The number of nitrogens with one attached hydrogen (secondary N) is 2. The molecule has 1 saturated carbocycles. The summed E-state index contributed by atoms with van der Waals surface area (Å²) < 4.78 is 0. The standard InChI is InChI=1S/C22H27N3O4/c23-12-4-9-19(21(27)24-18-8-3-7-17(18)22(28)29)25-20(26)16-11-10-14-5-1-2-6-15(14)13-16/h1-2,5-6,10-11,13,17-19H,3-4,7-9,12,23H2,(H,24,27)(H,25,26)(H,28,29)/t17-,18+,19+/m1/s1. The Balaban J connectivity index is 1.70. The molecule has 0 unspecified atom stereocenters. The third kappa shape index (κ3) is 5.12. The predicted octanol–water partition coefficient (Wildman–Crippen LogP) is 2.05. The van der Waals surface area contributed by atoms with E-state index in [9.17, 15) is 19.5 Å². The second-order valence-electron chi connectivity index (χ2n) is 7.51. The highest BCUT2D eigenvalue weighted by atomic mass is 16.4. The Kier molecular flexibility index (Phi) is 6.82. The highest BCUT2D eigenvalue weighted by Crippen LogP contribution is 2.26. The molecular formula is C22H27N3O4. The molecule has 7 heteroatoms. The molecule has 1 aliphatic carbocycles. The molecule has 0 radical (unpaired) electrons. The number of hydrogen-bond acceptors (Lipinski definition) is 4. The minimum Gasteiger partial charge on any atom is -0.481 e. The Morgan fingerprint density at radius 2 is 1.86 bits per heavy atom. The molecule has 3 rings (SSSR count). The minimum absolute atomic E-state index is 0.339. The average molecular weight is 397 g/mol. The normalized spacial score (nSPS) is 19.6. The van der Waals surface area contributed by atoms with Gasteiger partial charge in [-0.15, -0.1) is 0 Å². The van der Waals surface area contributed by atoms with Crippen molar-refractivity contribution in [2.75, 3.05) is 6.54 Å². The second-order valence-corrected chi connectivity index (χ2v) is 7.51. The second kappa shape index (κ2) is 9.52. The molecule has 1 aliphatic rings. The molecule has 2 amide bonds. The molecule has 1 fully saturated rings. The zero-order chi connectivity index (χ0) is 20.8. The molecule has 0 bridgehead atoms. The van der Waals surface area contributed by atoms with Crippen LogP contribution in [0, 0.1) is 5.92 Å². The van der Waals surface area contributed by atoms with Gasteiger partial charge in [0, 0.05) is 11.6 Å². The van der Waals surface area contributed by atoms with Gasteiger partial charge in [-0.3, -0.25) is 14.4 Å². The first kappa shape index (κ1) is 20.8. The average Bonchev–Trinajstić information content (AvgIpc) is 3.18. The van der Waals surface area contributed by atoms with Crippen LogP contribution in [-0.2, 0) is 9.59 Å². The lowest BCUT2D eigenvalue weighted by molar-refractivity contribution is -0.142. The van der Waals surface area contributed by atoms with Gasteiger partial charge in [0.2, 0.25) is 5.91 Å². The maximum Gasteiger partial charge on any atom is 0.308 e. The number of fused-ring (bicyclic) bond motifs is 1. The number of nitrogens with two attached hydrogens (primary N) is 1. The first-order valence-corrected chi connectivity index (χ1v) is 10.0. The van der Waals surface area contributed by atoms with Crippen molar-refractivity contribution in [2.45, 2.75) is 44.2 Å². The maximum atomic E-state index is 12.8. The molecule has 0 saturated heterocycles. The van der Waals surface area contributed by atoms with Crippen LogP contribution in [0.3, 0.4) is 0 Å². The van der Waals surface area contributed by atoms with Crippen molar-refractivity contribution >= 4 is 28.6 Å². The Morgan fingerprint density at radius 3 is 2.59 bits per heavy atom. The van der Waals surface area contributed by atoms with Gasteiger partial charge < -0.3 is 21.5 Å². The lowest BCUT2D eigenvalue weighted by Gasteiger charge is -2.23. The Hall–Kier alpha value is -2.93. The fourth-order valence-electron chi connectivity index (χ4n) is 3.87. The van der Waals surface area contributed by atoms with E-state index in [0.717, 1.165) is 17.2 Å². The van der Waals surface area contributed by atoms with E-state index >= 15 is 0 Å². The van der Waals surface area contributed by atoms with Gasteiger partial charge in [-0.1, -0.05) is 36.8 Å². The Labute approximate surface area is 169 Å². The van der Waals surface area contributed by atoms with E-state index in [1.54, 1.807) is 12.1 Å². The SMILES string of the molecule is NCCC[C@H](NC(=O)c1ccc2ccccc2c1)C(=O)N[C@H]1CCC[C@H]1C(=O)O. The largest absolute Gasteiger partial charge is 0.481 e. The fourth-order valence-corrected chi connectivity index (χ4v) is 3.87. The number of benzene rings is 2. The van der Waals surface area contributed by atoms with E-state index in [1.165, 1.54) is 0 Å². The number of hydrogen-bond donors (Lipinski definition) is 4. The monoisotopic (exact) mass is 397 g/mol. The van der Waals surface area contributed by atoms with Crippen LogP contribution in [0.2, 0.25) is 0 Å². The summed E-state index contributed by atoms with van der Waals surface area (Å²) in [6.45, 7) is 0.400. The summed E-state index contributed by atoms with van der Waals surface area (Å²) in [5, 5.41) is 16.9. The number of rotatable bonds is 8. The van der Waals surface area contributed by atoms with Crippen LogP contribution in [0.15, 0.2) is 42.5 Å². The van der Waals surface area contributed by atoms with Crippen LogP contribution in [-0.4, -0.2) is 41.5 Å². The molecule has 0 aromatic heterocycles. The third-order valence-corrected chi connectivity index (χ3v) is 5.49. The summed E-state index contributed by atoms with van der Waals surface area (Å²) in [7, 11) is 0. The summed E-state index contributed by atoms with van der Waals surface area (Å²) in [5.74, 6) is -2.17. The number of carboxylic acids is 1. The molecule has 3 atom stereocenters. The zero-order valence-electron chi connectivity index (χ0n) is 16.3. The van der Waals surface area contributed by atoms with Crippen molar-refractivity contribution in [3.8, 4) is 0 Å². The molecule has 0 aliphatic heterocycles. The summed E-state index contributed by atoms with van der Waals surface area (Å²) in [6, 6.07) is 12.0. The van der Waals surface area contributed by atoms with Gasteiger partial charge in [0.15, 0.2) is 0 Å². The van der Waals surface area contributed by atoms with Crippen LogP contribution in [0.1, 0.15) is 42.5 Å². The molecule has 29 heavy (non-hydrogen) atoms. The van der Waals surface area contributed by atoms with Crippen molar-refractivity contribution < 1.29 is 19.5 Å². The molecule has 0 heterocycles. The van der Waals surface area contributed by atoms with Gasteiger partial charge in [-0.25, -0.2) is 0 Å². The minimum atomic E-state index is -0.897. The molecule has 2 aromatic carbocycles. The number of aliphatic carboxylic acids is 1. The summed E-state index contributed by atoms with van der Waals surface area (Å²) >= 11 is 0. The smallest absolute Gasteiger partial charge is 0.308 e. The fraction of sp³-hybridized carbons (Fsp3) is 0.409. The lowest BCUT2D eigenvalue weighted by atomic mass is 10.0. The lowest BCUT2D eigenvalue weighted by Crippen LogP contribution is -2.51. The zero-order valence-corrected chi connectivity index (χ0v) is 16.3. The van der Waals surface area contributed by atoms with E-state index in [2.05, 4.69) is 10.6 Å². The molecule has 0 spiro atoms. The molecular weight excluding hydrogens is 370 g/mol. The van der Waals surface area contributed by atoms with Gasteiger partial charge in [0.1, 0.15) is 6.04 Å². The van der Waals surface area contributed by atoms with Crippen molar-refractivity contribution in [2.24, 2.45) is 11.7 Å². The van der Waals surface area contributed by atoms with Gasteiger partial charge in [-0.05, 0) is 55.1 Å². The Morgan fingerprint density at radius 1 is 1.10 bits per heavy atom. The maximum absolute atomic E-state index is 12.8. The van der Waals surface area contributed by atoms with E-state index in [4.69, 9.17) is 5.73 Å². The van der Waals surface area contributed by atoms with E-state index in [1.807, 2.05) is 30.3 Å². The number of amides is 2. The topological polar surface area (TPSA) is 122 Å². The quantitative estimate of drug-likeness (QED) is 0.543. The highest BCUT2D eigenvalue weighted by Gasteiger charge is 2.35. The van der Waals surface area contributed by atoms with Gasteiger partial charge in [0.25, 0.3) is 5.91 Å². The van der Waals surface area contributed by atoms with Gasteiger partial charge in [-0.2, -0.15) is 0 Å². The molecule has 2 aromatic rings. The summed E-state index contributed by atoms with van der Waals surface area (Å²) in [5.41, 5.74) is 6.06. The van der Waals surface area contributed by atoms with E-state index in [0.29, 0.717) is 37.8 Å². The molecule has 5 N–H and O–H groups in total. The predicted molar refractivity (Wildman–Crippen MR) is 110 cm³/mol. The number of carboxylic acid groups (broad SMARTS) is 1. The molecule has 154 valence electrons. The van der Waals surface area contributed by atoms with Crippen LogP contribution in [0.5, 0.6) is 0 Å². The third-order valence-electron chi connectivity index (χ3n) is 5.49. The van der Waals surface area contributed by atoms with Crippen LogP contribution in [0.4, 0.5) is 0 Å². The van der Waals surface area contributed by atoms with Crippen LogP contribution < -0.4 is 16.4 Å². The number of carbonyl (C=O) groups is 3. The molecule has 7 nitrogen and oxygen atoms in total. The summed E-state index contributed by atoms with van der Waals surface area (Å²) in [4.78, 5) is 36.9. The highest BCUT2D eigenvalue weighted by molar-refractivity contribution is 6.00. The van der Waals surface area contributed by atoms with E-state index in [-0.39, 0.29) is 11.8 Å². The van der Waals surface area contributed by atoms with Gasteiger partial charge >= 0.3 is 5.97 Å². The van der Waals surface area contributed by atoms with Crippen molar-refractivity contribution in [3.63, 3.8) is 0 Å². The van der Waals surface area contributed by atoms with Crippen molar-refractivity contribution in [1.29, 1.82) is 0 Å². The first-order chi connectivity index (χ1) is 14.0.